The van der Waals surface area contributed by atoms with Gasteiger partial charge in [-0.15, -0.1) is 0 Å². The Labute approximate surface area is 441 Å². The highest BCUT2D eigenvalue weighted by Crippen LogP contribution is 2.49. The molecule has 4 aliphatic heterocycles. The first kappa shape index (κ1) is 54.1. The number of carbonyl (C=O) groups is 4. The summed E-state index contributed by atoms with van der Waals surface area (Å²) < 4.78 is 70.5. The van der Waals surface area contributed by atoms with Crippen LogP contribution in [0.15, 0.2) is 54.7 Å². The number of amides is 4. The number of H-pyrrole nitrogens is 2. The first-order chi connectivity index (χ1) is 36.4. The number of nitrogens with zero attached hydrogens (tertiary/aromatic N) is 6. The number of benzene rings is 3. The van der Waals surface area contributed by atoms with Gasteiger partial charge in [0.2, 0.25) is 11.8 Å². The zero-order chi connectivity index (χ0) is 54.2. The molecule has 408 valence electrons. The highest BCUT2D eigenvalue weighted by atomic mass is 28.3. The van der Waals surface area contributed by atoms with Crippen molar-refractivity contribution in [2.75, 3.05) is 64.4 Å². The van der Waals surface area contributed by atoms with Crippen LogP contribution in [-0.2, 0) is 28.5 Å². The van der Waals surface area contributed by atoms with Crippen LogP contribution in [0.2, 0.25) is 25.2 Å². The standard InChI is InChI=1S/C54H69F3N10O8Si/c1-30(72-3)46(62-53(70)74-5)51(68)65-19-9-11-44(65)49-58-29-41(61-49)32-13-15-33(16-14-32)42-17-18-43(67(42)34-25-37(56)48(38(57)26-34)64-21-23-76(7,8)24-22-64)35-27-39-40(28-36(35)55)60-50(59-39)45-12-10-20-66(45)52(69)47(31(2)73-4)63-54(71)75-6/h13-16,25-31,42-47H,9-12,17-24H2,1-8H3,(H,58,61)(H,59,60)(H,62,70)(H,63,71)/t30-,31-,42+,43+,44+,45?,46+,47+/m1/s1. The molecule has 4 aliphatic rings. The van der Waals surface area contributed by atoms with Crippen LogP contribution < -0.4 is 20.4 Å². The molecule has 4 N–H and O–H groups in total. The van der Waals surface area contributed by atoms with E-state index in [0.29, 0.717) is 92.2 Å². The SMILES string of the molecule is COC(=O)N[C@H](C(=O)N1CCCC1c1nc2cc([C@@H]3CC[C@@H](c4ccc(-c5cnc([C@@H]6CCCN6C(=O)[C@@H](NC(=O)OC)[C@@H](C)OC)[nH]5)cc4)N3c3cc(F)c(N4CC[Si](C)(C)CC4)c(F)c3)c(F)cc2[nH]1)[C@@H](C)OC. The number of aromatic amines is 2. The molecule has 0 saturated carbocycles. The summed E-state index contributed by atoms with van der Waals surface area (Å²) >= 11 is 0. The third-order valence-corrected chi connectivity index (χ3v) is 19.3. The topological polar surface area (TPSA) is 200 Å². The fourth-order valence-electron chi connectivity index (χ4n) is 11.6. The van der Waals surface area contributed by atoms with Crippen molar-refractivity contribution in [1.29, 1.82) is 0 Å². The second-order valence-electron chi connectivity index (χ2n) is 21.2. The minimum atomic E-state index is -1.45. The minimum Gasteiger partial charge on any atom is -0.453 e. The van der Waals surface area contributed by atoms with Gasteiger partial charge in [0.05, 0.1) is 81.6 Å². The monoisotopic (exact) mass is 1070 g/mol. The first-order valence-electron chi connectivity index (χ1n) is 26.2. The van der Waals surface area contributed by atoms with Crippen molar-refractivity contribution in [2.24, 2.45) is 0 Å². The van der Waals surface area contributed by atoms with E-state index in [1.807, 2.05) is 34.1 Å². The number of anilines is 2. The van der Waals surface area contributed by atoms with Crippen molar-refractivity contribution >= 4 is 54.5 Å². The van der Waals surface area contributed by atoms with E-state index in [2.05, 4.69) is 33.7 Å². The predicted molar refractivity (Wildman–Crippen MR) is 282 cm³/mol. The highest BCUT2D eigenvalue weighted by Gasteiger charge is 2.42. The van der Waals surface area contributed by atoms with Gasteiger partial charge >= 0.3 is 12.2 Å². The highest BCUT2D eigenvalue weighted by molar-refractivity contribution is 6.77. The molecule has 4 fully saturated rings. The van der Waals surface area contributed by atoms with Crippen molar-refractivity contribution < 1.29 is 51.3 Å². The van der Waals surface area contributed by atoms with Crippen LogP contribution in [0.25, 0.3) is 22.3 Å². The molecule has 76 heavy (non-hydrogen) atoms. The van der Waals surface area contributed by atoms with Gasteiger partial charge in [-0.3, -0.25) is 9.59 Å². The average molecular weight is 1070 g/mol. The van der Waals surface area contributed by atoms with E-state index in [4.69, 9.17) is 28.9 Å². The number of fused-ring (bicyclic) bond motifs is 1. The van der Waals surface area contributed by atoms with E-state index >= 15 is 13.2 Å². The van der Waals surface area contributed by atoms with Crippen molar-refractivity contribution in [3.05, 3.63) is 95.0 Å². The molecule has 18 nitrogen and oxygen atoms in total. The van der Waals surface area contributed by atoms with Gasteiger partial charge in [0, 0.05) is 51.6 Å². The fourth-order valence-corrected chi connectivity index (χ4v) is 13.6. The molecular weight excluding hydrogens is 1000 g/mol. The third kappa shape index (κ3) is 10.8. The summed E-state index contributed by atoms with van der Waals surface area (Å²) in [5, 5.41) is 5.21. The summed E-state index contributed by atoms with van der Waals surface area (Å²) in [5.74, 6) is -1.51. The maximum absolute atomic E-state index is 16.9. The van der Waals surface area contributed by atoms with Gasteiger partial charge in [-0.05, 0) is 99.9 Å². The lowest BCUT2D eigenvalue weighted by Crippen LogP contribution is -2.54. The molecule has 9 rings (SSSR count). The Kier molecular flexibility index (Phi) is 16.0. The number of alkyl carbamates (subject to hydrolysis) is 2. The molecule has 6 heterocycles. The summed E-state index contributed by atoms with van der Waals surface area (Å²) in [5.41, 5.74) is 3.79. The Morgan fingerprint density at radius 1 is 0.684 bits per heavy atom. The Hall–Kier alpha value is -6.65. The average Bonchev–Trinajstić information content (AvgIpc) is 4.30. The molecule has 22 heteroatoms. The second-order valence-corrected chi connectivity index (χ2v) is 26.6. The molecule has 0 bridgehead atoms. The maximum Gasteiger partial charge on any atom is 0.407 e. The number of methoxy groups -OCH3 is 4. The first-order valence-corrected chi connectivity index (χ1v) is 29.6. The molecule has 4 amide bonds. The van der Waals surface area contributed by atoms with Gasteiger partial charge in [0.1, 0.15) is 35.2 Å². The van der Waals surface area contributed by atoms with Gasteiger partial charge in [-0.1, -0.05) is 37.4 Å². The summed E-state index contributed by atoms with van der Waals surface area (Å²) in [7, 11) is 3.92. The number of imidazole rings is 2. The smallest absolute Gasteiger partial charge is 0.407 e. The Morgan fingerprint density at radius 3 is 1.79 bits per heavy atom. The lowest BCUT2D eigenvalue weighted by Gasteiger charge is -2.38. The van der Waals surface area contributed by atoms with E-state index in [0.717, 1.165) is 29.6 Å². The van der Waals surface area contributed by atoms with E-state index in [9.17, 15) is 19.2 Å². The summed E-state index contributed by atoms with van der Waals surface area (Å²) in [6.07, 6.45) is 2.51. The van der Waals surface area contributed by atoms with E-state index < -0.39 is 80.1 Å². The second kappa shape index (κ2) is 22.5. The van der Waals surface area contributed by atoms with Crippen LogP contribution in [-0.4, -0.2) is 141 Å². The quantitative estimate of drug-likeness (QED) is 0.0728. The Balaban J connectivity index is 1.01. The normalized spacial score (nSPS) is 22.1. The molecule has 0 radical (unpaired) electrons. The third-order valence-electron chi connectivity index (χ3n) is 16.1. The summed E-state index contributed by atoms with van der Waals surface area (Å²) in [6, 6.07) is 11.5. The zero-order valence-corrected chi connectivity index (χ0v) is 45.4. The van der Waals surface area contributed by atoms with E-state index in [1.165, 1.54) is 46.6 Å². The van der Waals surface area contributed by atoms with E-state index in [1.54, 1.807) is 35.9 Å². The predicted octanol–water partition coefficient (Wildman–Crippen LogP) is 8.83. The van der Waals surface area contributed by atoms with Gasteiger partial charge in [0.15, 0.2) is 11.6 Å². The molecule has 0 aliphatic carbocycles. The number of hydrogen-bond acceptors (Lipinski definition) is 12. The number of aromatic nitrogens is 4. The van der Waals surface area contributed by atoms with Gasteiger partial charge < -0.3 is 59.1 Å². The van der Waals surface area contributed by atoms with Crippen LogP contribution in [0.5, 0.6) is 0 Å². The van der Waals surface area contributed by atoms with Gasteiger partial charge in [0.25, 0.3) is 0 Å². The number of carbonyl (C=O) groups excluding carboxylic acids is 4. The van der Waals surface area contributed by atoms with Crippen molar-refractivity contribution in [3.8, 4) is 11.3 Å². The molecule has 8 atom stereocenters. The molecule has 2 aromatic heterocycles. The van der Waals surface area contributed by atoms with Crippen molar-refractivity contribution in [2.45, 2.75) is 126 Å². The van der Waals surface area contributed by atoms with E-state index in [-0.39, 0.29) is 29.2 Å². The van der Waals surface area contributed by atoms with Crippen LogP contribution in [0.1, 0.15) is 99.3 Å². The zero-order valence-electron chi connectivity index (χ0n) is 44.4. The lowest BCUT2D eigenvalue weighted by molar-refractivity contribution is -0.138. The van der Waals surface area contributed by atoms with Crippen molar-refractivity contribution in [1.82, 2.24) is 40.4 Å². The van der Waals surface area contributed by atoms with Crippen LogP contribution >= 0.6 is 0 Å². The largest absolute Gasteiger partial charge is 0.453 e. The molecule has 4 saturated heterocycles. The Morgan fingerprint density at radius 2 is 1.24 bits per heavy atom. The molecule has 0 spiro atoms. The lowest BCUT2D eigenvalue weighted by atomic mass is 10.0. The number of hydrogen-bond donors (Lipinski definition) is 4. The maximum atomic E-state index is 16.9. The molecular formula is C54H69F3N10O8Si. The number of ether oxygens (including phenoxy) is 4. The molecule has 3 aromatic carbocycles. The minimum absolute atomic E-state index is 0.0451. The molecule has 1 unspecified atom stereocenters. The van der Waals surface area contributed by atoms with Crippen LogP contribution in [0, 0.1) is 17.5 Å². The number of nitrogens with one attached hydrogen (secondary N) is 4. The van der Waals surface area contributed by atoms with Gasteiger partial charge in [-0.25, -0.2) is 32.7 Å². The number of halogens is 3. The number of rotatable bonds is 15. The van der Waals surface area contributed by atoms with Gasteiger partial charge in [-0.2, -0.15) is 0 Å². The van der Waals surface area contributed by atoms with Crippen LogP contribution in [0.4, 0.5) is 34.1 Å². The fraction of sp³-hybridized carbons (Fsp3) is 0.519. The molecule has 5 aromatic rings. The summed E-state index contributed by atoms with van der Waals surface area (Å²) in [6.45, 7) is 9.99. The summed E-state index contributed by atoms with van der Waals surface area (Å²) in [4.78, 5) is 75.7. The number of likely N-dealkylation sites (tertiary alicyclic amines) is 2. The van der Waals surface area contributed by atoms with Crippen molar-refractivity contribution in [3.63, 3.8) is 0 Å². The Bertz CT molecular complexity index is 2910. The van der Waals surface area contributed by atoms with Crippen LogP contribution in [0.3, 0.4) is 0 Å².